The van der Waals surface area contributed by atoms with E-state index in [0.717, 1.165) is 4.90 Å². The van der Waals surface area contributed by atoms with Crippen molar-refractivity contribution in [3.8, 4) is 0 Å². The molecule has 0 bridgehead atoms. The zero-order valence-electron chi connectivity index (χ0n) is 16.7. The molecular weight excluding hydrogens is 404 g/mol. The van der Waals surface area contributed by atoms with E-state index in [1.165, 1.54) is 12.1 Å². The molecule has 1 fully saturated rings. The van der Waals surface area contributed by atoms with E-state index in [1.54, 1.807) is 19.2 Å². The van der Waals surface area contributed by atoms with Gasteiger partial charge in [0.2, 0.25) is 17.8 Å². The molecule has 160 valence electrons. The van der Waals surface area contributed by atoms with E-state index in [1.807, 2.05) is 0 Å². The maximum Gasteiger partial charge on any atom is 0.262 e. The van der Waals surface area contributed by atoms with Crippen molar-refractivity contribution >= 4 is 29.6 Å². The molecule has 2 aliphatic rings. The quantitative estimate of drug-likeness (QED) is 0.453. The second kappa shape index (κ2) is 8.11. The number of rotatable bonds is 6. The minimum Gasteiger partial charge on any atom is -0.352 e. The summed E-state index contributed by atoms with van der Waals surface area (Å²) in [7, 11) is 1.74. The molecule has 4 amide bonds. The molecule has 0 radical (unpaired) electrons. The molecule has 11 heteroatoms. The average Bonchev–Trinajstić information content (AvgIpc) is 2.98. The Morgan fingerprint density at radius 3 is 2.68 bits per heavy atom. The number of H-pyrrole nitrogens is 1. The van der Waals surface area contributed by atoms with Gasteiger partial charge in [0.25, 0.3) is 17.4 Å². The Morgan fingerprint density at radius 1 is 1.13 bits per heavy atom. The number of anilines is 1. The van der Waals surface area contributed by atoms with Crippen LogP contribution in [0, 0.1) is 0 Å². The van der Waals surface area contributed by atoms with Crippen LogP contribution in [0.2, 0.25) is 0 Å². The van der Waals surface area contributed by atoms with Crippen molar-refractivity contribution in [1.82, 2.24) is 25.5 Å². The highest BCUT2D eigenvalue weighted by Crippen LogP contribution is 2.30. The third kappa shape index (κ3) is 3.82. The highest BCUT2D eigenvalue weighted by atomic mass is 16.2. The number of imide groups is 2. The molecule has 4 rings (SSSR count). The Kier molecular flexibility index (Phi) is 5.34. The van der Waals surface area contributed by atoms with Crippen LogP contribution < -0.4 is 21.5 Å². The van der Waals surface area contributed by atoms with Crippen LogP contribution in [0.15, 0.2) is 29.1 Å². The van der Waals surface area contributed by atoms with Crippen LogP contribution in [0.1, 0.15) is 44.8 Å². The van der Waals surface area contributed by atoms with Crippen molar-refractivity contribution in [2.75, 3.05) is 12.4 Å². The van der Waals surface area contributed by atoms with E-state index in [0.29, 0.717) is 17.8 Å². The molecule has 3 heterocycles. The number of benzene rings is 1. The maximum absolute atomic E-state index is 13.1. The number of carbonyl (C=O) groups excluding carboxylic acids is 4. The molecule has 11 nitrogen and oxygen atoms in total. The zero-order chi connectivity index (χ0) is 22.1. The summed E-state index contributed by atoms with van der Waals surface area (Å²) in [6, 6.07) is 5.20. The van der Waals surface area contributed by atoms with Crippen LogP contribution in [0.4, 0.5) is 5.95 Å². The van der Waals surface area contributed by atoms with Gasteiger partial charge in [-0.3, -0.25) is 39.2 Å². The summed E-state index contributed by atoms with van der Waals surface area (Å²) < 4.78 is 0. The van der Waals surface area contributed by atoms with E-state index in [4.69, 9.17) is 0 Å². The highest BCUT2D eigenvalue weighted by Gasteiger charge is 2.45. The van der Waals surface area contributed by atoms with Gasteiger partial charge in [-0.25, -0.2) is 4.98 Å². The summed E-state index contributed by atoms with van der Waals surface area (Å²) in [5.74, 6) is -2.01. The number of aromatic nitrogens is 2. The van der Waals surface area contributed by atoms with Gasteiger partial charge in [0, 0.05) is 25.6 Å². The van der Waals surface area contributed by atoms with Crippen LogP contribution in [0.5, 0.6) is 0 Å². The van der Waals surface area contributed by atoms with Crippen LogP contribution in [-0.2, 0) is 22.7 Å². The first-order valence-electron chi connectivity index (χ1n) is 9.71. The Labute approximate surface area is 176 Å². The predicted octanol–water partition coefficient (Wildman–Crippen LogP) is -0.497. The van der Waals surface area contributed by atoms with Gasteiger partial charge in [-0.05, 0) is 25.1 Å². The monoisotopic (exact) mass is 424 g/mol. The summed E-state index contributed by atoms with van der Waals surface area (Å²) >= 11 is 0. The lowest BCUT2D eigenvalue weighted by Crippen LogP contribution is -2.54. The first-order chi connectivity index (χ1) is 14.9. The fraction of sp³-hybridized carbons (Fsp3) is 0.300. The average molecular weight is 424 g/mol. The number of carbonyl (C=O) groups is 4. The number of fused-ring (bicyclic) bond motifs is 1. The van der Waals surface area contributed by atoms with Gasteiger partial charge in [-0.15, -0.1) is 0 Å². The lowest BCUT2D eigenvalue weighted by atomic mass is 10.0. The van der Waals surface area contributed by atoms with Crippen molar-refractivity contribution in [1.29, 1.82) is 0 Å². The van der Waals surface area contributed by atoms with Crippen molar-refractivity contribution in [2.45, 2.75) is 32.0 Å². The molecule has 2 aliphatic heterocycles. The fourth-order valence-electron chi connectivity index (χ4n) is 3.77. The van der Waals surface area contributed by atoms with Crippen LogP contribution in [0.25, 0.3) is 0 Å². The number of nitrogens with one attached hydrogen (secondary N) is 4. The Balaban J connectivity index is 1.59. The SMILES string of the molecule is CNCc1cc(=O)[nH]c(NCc2cccc3c2C(=O)N(C2CCC(=O)NC2=O)C3=O)n1. The molecule has 1 aromatic carbocycles. The summed E-state index contributed by atoms with van der Waals surface area (Å²) in [4.78, 5) is 69.2. The predicted molar refractivity (Wildman–Crippen MR) is 108 cm³/mol. The van der Waals surface area contributed by atoms with E-state index in [2.05, 4.69) is 25.9 Å². The highest BCUT2D eigenvalue weighted by molar-refractivity contribution is 6.24. The van der Waals surface area contributed by atoms with Crippen molar-refractivity contribution in [2.24, 2.45) is 0 Å². The third-order valence-electron chi connectivity index (χ3n) is 5.15. The number of aromatic amines is 1. The van der Waals surface area contributed by atoms with E-state index in [-0.39, 0.29) is 42.0 Å². The molecule has 0 aliphatic carbocycles. The molecule has 2 aromatic rings. The number of piperidine rings is 1. The largest absolute Gasteiger partial charge is 0.352 e. The molecule has 31 heavy (non-hydrogen) atoms. The van der Waals surface area contributed by atoms with Crippen LogP contribution >= 0.6 is 0 Å². The van der Waals surface area contributed by atoms with Gasteiger partial charge in [0.05, 0.1) is 16.8 Å². The molecule has 1 saturated heterocycles. The summed E-state index contributed by atoms with van der Waals surface area (Å²) in [6.07, 6.45) is 0.146. The van der Waals surface area contributed by atoms with E-state index < -0.39 is 29.7 Å². The molecular formula is C20H20N6O5. The lowest BCUT2D eigenvalue weighted by Gasteiger charge is -2.27. The normalized spacial score (nSPS) is 18.2. The second-order valence-corrected chi connectivity index (χ2v) is 7.26. The first-order valence-corrected chi connectivity index (χ1v) is 9.71. The van der Waals surface area contributed by atoms with Gasteiger partial charge in [-0.2, -0.15) is 0 Å². The Bertz CT molecular complexity index is 1160. The molecule has 1 unspecified atom stereocenters. The van der Waals surface area contributed by atoms with Crippen molar-refractivity contribution in [3.05, 3.63) is 57.0 Å². The first kappa shape index (κ1) is 20.4. The molecule has 1 aromatic heterocycles. The van der Waals surface area contributed by atoms with Gasteiger partial charge < -0.3 is 10.6 Å². The van der Waals surface area contributed by atoms with Crippen LogP contribution in [-0.4, -0.2) is 51.6 Å². The van der Waals surface area contributed by atoms with Crippen molar-refractivity contribution in [3.63, 3.8) is 0 Å². The Hall–Kier alpha value is -3.86. The summed E-state index contributed by atoms with van der Waals surface area (Å²) in [5, 5.41) is 8.06. The van der Waals surface area contributed by atoms with Gasteiger partial charge in [0.15, 0.2) is 0 Å². The van der Waals surface area contributed by atoms with Gasteiger partial charge in [0.1, 0.15) is 6.04 Å². The Morgan fingerprint density at radius 2 is 1.94 bits per heavy atom. The van der Waals surface area contributed by atoms with E-state index >= 15 is 0 Å². The topological polar surface area (TPSA) is 153 Å². The van der Waals surface area contributed by atoms with Gasteiger partial charge in [-0.1, -0.05) is 12.1 Å². The molecule has 0 saturated carbocycles. The number of hydrogen-bond acceptors (Lipinski definition) is 8. The summed E-state index contributed by atoms with van der Waals surface area (Å²) in [5.41, 5.74) is 1.13. The smallest absolute Gasteiger partial charge is 0.262 e. The summed E-state index contributed by atoms with van der Waals surface area (Å²) in [6.45, 7) is 0.532. The molecule has 1 atom stereocenters. The maximum atomic E-state index is 13.1. The standard InChI is InChI=1S/C20H20N6O5/c1-21-9-11-7-15(28)25-20(23-11)22-8-10-3-2-4-12-16(10)19(31)26(18(12)30)13-5-6-14(27)24-17(13)29/h2-4,7,13,21H,5-6,8-9H2,1H3,(H,24,27,29)(H2,22,23,25,28). The van der Waals surface area contributed by atoms with E-state index in [9.17, 15) is 24.0 Å². The van der Waals surface area contributed by atoms with Gasteiger partial charge >= 0.3 is 0 Å². The van der Waals surface area contributed by atoms with Crippen LogP contribution in [0.3, 0.4) is 0 Å². The molecule has 4 N–H and O–H groups in total. The minimum atomic E-state index is -1.03. The number of amides is 4. The zero-order valence-corrected chi connectivity index (χ0v) is 16.7. The number of hydrogen-bond donors (Lipinski definition) is 4. The van der Waals surface area contributed by atoms with Crippen molar-refractivity contribution < 1.29 is 19.2 Å². The second-order valence-electron chi connectivity index (χ2n) is 7.26. The molecule has 0 spiro atoms. The number of nitrogens with zero attached hydrogens (tertiary/aromatic N) is 2. The fourth-order valence-corrected chi connectivity index (χ4v) is 3.77. The lowest BCUT2D eigenvalue weighted by molar-refractivity contribution is -0.136. The third-order valence-corrected chi connectivity index (χ3v) is 5.15. The minimum absolute atomic E-state index is 0.0558.